The van der Waals surface area contributed by atoms with Crippen LogP contribution in [0, 0.1) is 17.1 Å². The number of methoxy groups -OCH3 is 2. The Morgan fingerprint density at radius 3 is 2.68 bits per heavy atom. The highest BCUT2D eigenvalue weighted by Gasteiger charge is 2.53. The maximum Gasteiger partial charge on any atom is 0.244 e. The molecule has 8 heteroatoms. The van der Waals surface area contributed by atoms with E-state index in [1.54, 1.807) is 20.3 Å². The quantitative estimate of drug-likeness (QED) is 0.778. The van der Waals surface area contributed by atoms with Gasteiger partial charge in [0.15, 0.2) is 11.5 Å². The van der Waals surface area contributed by atoms with Gasteiger partial charge in [0.05, 0.1) is 19.8 Å². The smallest absolute Gasteiger partial charge is 0.244 e. The minimum Gasteiger partial charge on any atom is -0.493 e. The van der Waals surface area contributed by atoms with Crippen molar-refractivity contribution in [2.45, 2.75) is 11.8 Å². The summed E-state index contributed by atoms with van der Waals surface area (Å²) in [6.07, 6.45) is 2.38. The molecule has 0 saturated carbocycles. The van der Waals surface area contributed by atoms with Crippen molar-refractivity contribution >= 4 is 17.3 Å². The normalized spacial score (nSPS) is 21.0. The van der Waals surface area contributed by atoms with E-state index in [0.29, 0.717) is 41.4 Å². The number of anilines is 1. The second-order valence-electron chi connectivity index (χ2n) is 7.62. The molecule has 156 valence electrons. The second kappa shape index (κ2) is 6.51. The van der Waals surface area contributed by atoms with Gasteiger partial charge in [-0.05, 0) is 48.4 Å². The summed E-state index contributed by atoms with van der Waals surface area (Å²) in [5.41, 5.74) is 8.35. The molecule has 1 atom stereocenters. The Labute approximate surface area is 178 Å². The highest BCUT2D eigenvalue weighted by molar-refractivity contribution is 6.12. The molecule has 3 heterocycles. The zero-order valence-corrected chi connectivity index (χ0v) is 17.0. The monoisotopic (exact) mass is 418 g/mol. The second-order valence-corrected chi connectivity index (χ2v) is 7.62. The van der Waals surface area contributed by atoms with Crippen molar-refractivity contribution in [1.29, 1.82) is 5.26 Å². The highest BCUT2D eigenvalue weighted by atomic mass is 19.1. The third kappa shape index (κ3) is 2.40. The molecule has 31 heavy (non-hydrogen) atoms. The Kier molecular flexibility index (Phi) is 3.99. The largest absolute Gasteiger partial charge is 0.493 e. The first-order valence-corrected chi connectivity index (χ1v) is 9.72. The van der Waals surface area contributed by atoms with Crippen LogP contribution in [0.2, 0.25) is 0 Å². The van der Waals surface area contributed by atoms with Crippen molar-refractivity contribution in [3.63, 3.8) is 0 Å². The third-order valence-electron chi connectivity index (χ3n) is 6.20. The van der Waals surface area contributed by atoms with E-state index >= 15 is 0 Å². The van der Waals surface area contributed by atoms with Crippen molar-refractivity contribution < 1.29 is 18.7 Å². The molecule has 0 saturated heterocycles. The maximum atomic E-state index is 14.2. The number of nitriles is 1. The first-order chi connectivity index (χ1) is 14.9. The Hall–Kier alpha value is -3.99. The molecule has 1 amide bonds. The number of rotatable bonds is 2. The van der Waals surface area contributed by atoms with Crippen LogP contribution in [0.3, 0.4) is 0 Å². The van der Waals surface area contributed by atoms with Crippen LogP contribution in [0.5, 0.6) is 11.5 Å². The predicted octanol–water partition coefficient (Wildman–Crippen LogP) is 2.64. The van der Waals surface area contributed by atoms with Gasteiger partial charge >= 0.3 is 0 Å². The number of amides is 1. The Balaban J connectivity index is 1.81. The summed E-state index contributed by atoms with van der Waals surface area (Å²) in [6, 6.07) is 9.90. The fourth-order valence-electron chi connectivity index (χ4n) is 4.72. The standard InChI is InChI=1S/C23H19FN4O3/c1-30-19-7-12-5-6-28-18(14(12)9-20(19)31-2)10-23(16(11-25)21(28)26)15-8-13(24)3-4-17(15)27-22(23)29/h3-4,7-10H,5-6,26H2,1-2H3,(H,27,29). The molecule has 3 N–H and O–H groups in total. The van der Waals surface area contributed by atoms with Gasteiger partial charge in [-0.1, -0.05) is 0 Å². The van der Waals surface area contributed by atoms with E-state index in [2.05, 4.69) is 11.4 Å². The number of benzene rings is 2. The van der Waals surface area contributed by atoms with Crippen molar-refractivity contribution in [3.05, 3.63) is 70.3 Å². The SMILES string of the molecule is COc1cc2c(cc1OC)C1=CC3(C(=O)Nc4ccc(F)cc43)C(C#N)=C(N)N1CC2. The summed E-state index contributed by atoms with van der Waals surface area (Å²) in [6.45, 7) is 0.527. The van der Waals surface area contributed by atoms with E-state index in [4.69, 9.17) is 15.2 Å². The maximum absolute atomic E-state index is 14.2. The number of nitrogens with zero attached hydrogens (tertiary/aromatic N) is 2. The van der Waals surface area contributed by atoms with Crippen LogP contribution in [-0.4, -0.2) is 31.6 Å². The Bertz CT molecular complexity index is 1260. The molecule has 2 aromatic carbocycles. The fourth-order valence-corrected chi connectivity index (χ4v) is 4.72. The van der Waals surface area contributed by atoms with Crippen LogP contribution in [0.4, 0.5) is 10.1 Å². The topological polar surface area (TPSA) is 101 Å². The Morgan fingerprint density at radius 2 is 1.97 bits per heavy atom. The van der Waals surface area contributed by atoms with Crippen LogP contribution in [-0.2, 0) is 16.6 Å². The molecule has 7 nitrogen and oxygen atoms in total. The van der Waals surface area contributed by atoms with E-state index in [1.165, 1.54) is 18.2 Å². The van der Waals surface area contributed by atoms with Gasteiger partial charge in [-0.15, -0.1) is 0 Å². The zero-order chi connectivity index (χ0) is 21.9. The first kappa shape index (κ1) is 19.0. The van der Waals surface area contributed by atoms with Gasteiger partial charge in [-0.2, -0.15) is 5.26 Å². The van der Waals surface area contributed by atoms with Gasteiger partial charge < -0.3 is 25.4 Å². The van der Waals surface area contributed by atoms with Gasteiger partial charge in [-0.3, -0.25) is 4.79 Å². The van der Waals surface area contributed by atoms with Crippen LogP contribution in [0.1, 0.15) is 16.7 Å². The predicted molar refractivity (Wildman–Crippen MR) is 111 cm³/mol. The molecule has 5 rings (SSSR count). The number of fused-ring (bicyclic) bond motifs is 5. The number of hydrogen-bond donors (Lipinski definition) is 2. The van der Waals surface area contributed by atoms with Crippen LogP contribution in [0.15, 0.2) is 47.8 Å². The number of halogens is 1. The lowest BCUT2D eigenvalue weighted by atomic mass is 9.71. The van der Waals surface area contributed by atoms with Crippen LogP contribution in [0.25, 0.3) is 5.70 Å². The number of ether oxygens (including phenoxy) is 2. The highest BCUT2D eigenvalue weighted by Crippen LogP contribution is 2.51. The summed E-state index contributed by atoms with van der Waals surface area (Å²) in [4.78, 5) is 15.1. The number of nitrogens with two attached hydrogens (primary N) is 1. The molecule has 3 aliphatic rings. The van der Waals surface area contributed by atoms with Gasteiger partial charge in [0.25, 0.3) is 0 Å². The summed E-state index contributed by atoms with van der Waals surface area (Å²) in [7, 11) is 3.12. The molecule has 0 radical (unpaired) electrons. The number of nitrogens with one attached hydrogen (secondary N) is 1. The van der Waals surface area contributed by atoms with Crippen LogP contribution < -0.4 is 20.5 Å². The van der Waals surface area contributed by atoms with Crippen molar-refractivity contribution in [2.75, 3.05) is 26.1 Å². The average Bonchev–Trinajstić information content (AvgIpc) is 3.04. The molecule has 0 aliphatic carbocycles. The minimum atomic E-state index is -1.51. The van der Waals surface area contributed by atoms with E-state index in [-0.39, 0.29) is 11.4 Å². The first-order valence-electron chi connectivity index (χ1n) is 9.72. The van der Waals surface area contributed by atoms with Gasteiger partial charge in [0.2, 0.25) is 5.91 Å². The molecule has 0 aromatic heterocycles. The van der Waals surface area contributed by atoms with Gasteiger partial charge in [0, 0.05) is 29.1 Å². The molecular formula is C23H19FN4O3. The molecule has 1 unspecified atom stereocenters. The van der Waals surface area contributed by atoms with Crippen molar-refractivity contribution in [3.8, 4) is 17.6 Å². The third-order valence-corrected chi connectivity index (χ3v) is 6.20. The summed E-state index contributed by atoms with van der Waals surface area (Å²) in [5, 5.41) is 12.8. The van der Waals surface area contributed by atoms with E-state index in [0.717, 1.165) is 11.1 Å². The van der Waals surface area contributed by atoms with E-state index in [9.17, 15) is 14.4 Å². The average molecular weight is 418 g/mol. The lowest BCUT2D eigenvalue weighted by Crippen LogP contribution is -2.45. The lowest BCUT2D eigenvalue weighted by Gasteiger charge is -2.41. The molecule has 1 spiro atoms. The van der Waals surface area contributed by atoms with Gasteiger partial charge in [0.1, 0.15) is 23.1 Å². The van der Waals surface area contributed by atoms with E-state index < -0.39 is 17.1 Å². The van der Waals surface area contributed by atoms with Crippen molar-refractivity contribution in [1.82, 2.24) is 4.90 Å². The summed E-state index contributed by atoms with van der Waals surface area (Å²) >= 11 is 0. The Morgan fingerprint density at radius 1 is 1.23 bits per heavy atom. The molecular weight excluding hydrogens is 399 g/mol. The van der Waals surface area contributed by atoms with Crippen LogP contribution >= 0.6 is 0 Å². The summed E-state index contributed by atoms with van der Waals surface area (Å²) in [5.74, 6) is 0.392. The minimum absolute atomic E-state index is 0.0852. The number of carbonyl (C=O) groups excluding carboxylic acids is 1. The lowest BCUT2D eigenvalue weighted by molar-refractivity contribution is -0.118. The number of hydrogen-bond acceptors (Lipinski definition) is 6. The molecule has 0 bridgehead atoms. The van der Waals surface area contributed by atoms with Gasteiger partial charge in [-0.25, -0.2) is 4.39 Å². The zero-order valence-electron chi connectivity index (χ0n) is 17.0. The molecule has 0 fully saturated rings. The molecule has 2 aromatic rings. The number of carbonyl (C=O) groups is 1. The fraction of sp³-hybridized carbons (Fsp3) is 0.217. The molecule has 3 aliphatic heterocycles. The van der Waals surface area contributed by atoms with Crippen molar-refractivity contribution in [2.24, 2.45) is 5.73 Å². The van der Waals surface area contributed by atoms with E-state index in [1.807, 2.05) is 17.0 Å². The summed E-state index contributed by atoms with van der Waals surface area (Å²) < 4.78 is 25.1.